The van der Waals surface area contributed by atoms with Gasteiger partial charge >= 0.3 is 6.03 Å². The van der Waals surface area contributed by atoms with E-state index in [0.29, 0.717) is 6.04 Å². The SMILES string of the molecule is CCCC(C)N(C)C(=O)N1CCCCCC1. The molecule has 0 radical (unpaired) electrons. The van der Waals surface area contributed by atoms with Crippen molar-refractivity contribution < 1.29 is 4.79 Å². The van der Waals surface area contributed by atoms with Crippen LogP contribution in [-0.4, -0.2) is 42.0 Å². The third-order valence-corrected chi connectivity index (χ3v) is 3.55. The fourth-order valence-corrected chi connectivity index (χ4v) is 2.28. The molecule has 16 heavy (non-hydrogen) atoms. The minimum absolute atomic E-state index is 0.225. The van der Waals surface area contributed by atoms with E-state index in [2.05, 4.69) is 13.8 Å². The number of likely N-dealkylation sites (tertiary alicyclic amines) is 1. The first-order valence-corrected chi connectivity index (χ1v) is 6.68. The molecule has 1 rings (SSSR count). The largest absolute Gasteiger partial charge is 0.325 e. The van der Waals surface area contributed by atoms with Crippen LogP contribution in [0.25, 0.3) is 0 Å². The average molecular weight is 226 g/mol. The lowest BCUT2D eigenvalue weighted by molar-refractivity contribution is 0.148. The molecule has 3 heteroatoms. The van der Waals surface area contributed by atoms with E-state index in [1.807, 2.05) is 16.8 Å². The summed E-state index contributed by atoms with van der Waals surface area (Å²) in [5.74, 6) is 0. The molecule has 1 heterocycles. The van der Waals surface area contributed by atoms with Gasteiger partial charge in [-0.3, -0.25) is 0 Å². The van der Waals surface area contributed by atoms with Gasteiger partial charge in [0.05, 0.1) is 0 Å². The van der Waals surface area contributed by atoms with Gasteiger partial charge in [-0.05, 0) is 26.2 Å². The number of hydrogen-bond acceptors (Lipinski definition) is 1. The third-order valence-electron chi connectivity index (χ3n) is 3.55. The Morgan fingerprint density at radius 3 is 2.31 bits per heavy atom. The topological polar surface area (TPSA) is 23.6 Å². The lowest BCUT2D eigenvalue weighted by Gasteiger charge is -2.31. The van der Waals surface area contributed by atoms with Gasteiger partial charge in [0, 0.05) is 26.2 Å². The summed E-state index contributed by atoms with van der Waals surface area (Å²) in [5.41, 5.74) is 0. The molecule has 0 bridgehead atoms. The number of hydrogen-bond donors (Lipinski definition) is 0. The van der Waals surface area contributed by atoms with Gasteiger partial charge in [0.2, 0.25) is 0 Å². The highest BCUT2D eigenvalue weighted by Gasteiger charge is 2.21. The summed E-state index contributed by atoms with van der Waals surface area (Å²) >= 11 is 0. The molecule has 1 fully saturated rings. The summed E-state index contributed by atoms with van der Waals surface area (Å²) in [7, 11) is 1.94. The summed E-state index contributed by atoms with van der Waals surface area (Å²) in [5, 5.41) is 0. The van der Waals surface area contributed by atoms with Gasteiger partial charge in [-0.1, -0.05) is 26.2 Å². The van der Waals surface area contributed by atoms with Crippen LogP contribution in [0.5, 0.6) is 0 Å². The highest BCUT2D eigenvalue weighted by molar-refractivity contribution is 5.74. The second kappa shape index (κ2) is 6.77. The fourth-order valence-electron chi connectivity index (χ4n) is 2.28. The van der Waals surface area contributed by atoms with Crippen LogP contribution in [0.1, 0.15) is 52.4 Å². The quantitative estimate of drug-likeness (QED) is 0.725. The van der Waals surface area contributed by atoms with Crippen molar-refractivity contribution in [3.8, 4) is 0 Å². The zero-order valence-electron chi connectivity index (χ0n) is 11.0. The number of amides is 2. The van der Waals surface area contributed by atoms with Crippen LogP contribution >= 0.6 is 0 Å². The Morgan fingerprint density at radius 2 is 1.81 bits per heavy atom. The van der Waals surface area contributed by atoms with E-state index in [4.69, 9.17) is 0 Å². The van der Waals surface area contributed by atoms with Crippen molar-refractivity contribution in [1.29, 1.82) is 0 Å². The van der Waals surface area contributed by atoms with E-state index in [1.165, 1.54) is 25.7 Å². The first-order valence-electron chi connectivity index (χ1n) is 6.68. The second-order valence-corrected chi connectivity index (χ2v) is 4.93. The normalized spacial score (nSPS) is 19.1. The molecule has 0 aliphatic carbocycles. The highest BCUT2D eigenvalue weighted by atomic mass is 16.2. The van der Waals surface area contributed by atoms with E-state index in [1.54, 1.807) is 0 Å². The van der Waals surface area contributed by atoms with Crippen LogP contribution in [0.2, 0.25) is 0 Å². The summed E-state index contributed by atoms with van der Waals surface area (Å²) in [4.78, 5) is 16.2. The zero-order chi connectivity index (χ0) is 12.0. The Bertz CT molecular complexity index is 210. The Kier molecular flexibility index (Phi) is 5.64. The number of nitrogens with zero attached hydrogens (tertiary/aromatic N) is 2. The molecule has 94 valence electrons. The van der Waals surface area contributed by atoms with Gasteiger partial charge in [0.15, 0.2) is 0 Å². The molecular formula is C13H26N2O. The first kappa shape index (κ1) is 13.3. The molecule has 1 aliphatic heterocycles. The maximum Gasteiger partial charge on any atom is 0.319 e. The van der Waals surface area contributed by atoms with Crippen molar-refractivity contribution in [2.45, 2.75) is 58.4 Å². The Hall–Kier alpha value is -0.730. The van der Waals surface area contributed by atoms with Crippen molar-refractivity contribution in [3.05, 3.63) is 0 Å². The molecule has 1 unspecified atom stereocenters. The Labute approximate surface area is 99.8 Å². The third kappa shape index (κ3) is 3.69. The molecule has 2 amide bonds. The summed E-state index contributed by atoms with van der Waals surface area (Å²) in [6.07, 6.45) is 7.12. The van der Waals surface area contributed by atoms with E-state index in [0.717, 1.165) is 25.9 Å². The molecule has 1 saturated heterocycles. The zero-order valence-corrected chi connectivity index (χ0v) is 11.0. The summed E-state index contributed by atoms with van der Waals surface area (Å²) in [6.45, 7) is 6.20. The first-order chi connectivity index (χ1) is 7.66. The van der Waals surface area contributed by atoms with Gasteiger partial charge in [-0.2, -0.15) is 0 Å². The van der Waals surface area contributed by atoms with Crippen LogP contribution < -0.4 is 0 Å². The van der Waals surface area contributed by atoms with Gasteiger partial charge in [-0.25, -0.2) is 4.79 Å². The number of rotatable bonds is 3. The minimum Gasteiger partial charge on any atom is -0.325 e. The van der Waals surface area contributed by atoms with Crippen LogP contribution in [0.4, 0.5) is 4.79 Å². The van der Waals surface area contributed by atoms with E-state index >= 15 is 0 Å². The fraction of sp³-hybridized carbons (Fsp3) is 0.923. The highest BCUT2D eigenvalue weighted by Crippen LogP contribution is 2.13. The molecule has 0 aromatic carbocycles. The van der Waals surface area contributed by atoms with E-state index < -0.39 is 0 Å². The van der Waals surface area contributed by atoms with Crippen molar-refractivity contribution in [1.82, 2.24) is 9.80 Å². The van der Waals surface area contributed by atoms with Crippen LogP contribution in [-0.2, 0) is 0 Å². The Balaban J connectivity index is 2.47. The molecule has 3 nitrogen and oxygen atoms in total. The molecular weight excluding hydrogens is 200 g/mol. The summed E-state index contributed by atoms with van der Waals surface area (Å²) in [6, 6.07) is 0.587. The smallest absolute Gasteiger partial charge is 0.319 e. The predicted molar refractivity (Wildman–Crippen MR) is 67.6 cm³/mol. The average Bonchev–Trinajstić information content (AvgIpc) is 2.56. The van der Waals surface area contributed by atoms with Gasteiger partial charge in [-0.15, -0.1) is 0 Å². The van der Waals surface area contributed by atoms with Gasteiger partial charge < -0.3 is 9.80 Å². The molecule has 0 N–H and O–H groups in total. The number of carbonyl (C=O) groups excluding carboxylic acids is 1. The number of carbonyl (C=O) groups is 1. The van der Waals surface area contributed by atoms with Crippen LogP contribution in [0.15, 0.2) is 0 Å². The lowest BCUT2D eigenvalue weighted by Crippen LogP contribution is -2.45. The van der Waals surface area contributed by atoms with E-state index in [-0.39, 0.29) is 6.03 Å². The van der Waals surface area contributed by atoms with Crippen molar-refractivity contribution in [2.75, 3.05) is 20.1 Å². The van der Waals surface area contributed by atoms with Gasteiger partial charge in [0.25, 0.3) is 0 Å². The standard InChI is InChI=1S/C13H26N2O/c1-4-9-12(2)14(3)13(16)15-10-7-5-6-8-11-15/h12H,4-11H2,1-3H3. The summed E-state index contributed by atoms with van der Waals surface area (Å²) < 4.78 is 0. The maximum absolute atomic E-state index is 12.2. The van der Waals surface area contributed by atoms with Crippen molar-refractivity contribution in [3.63, 3.8) is 0 Å². The molecule has 0 aromatic heterocycles. The minimum atomic E-state index is 0.225. The number of urea groups is 1. The molecule has 0 spiro atoms. The molecule has 1 aliphatic rings. The van der Waals surface area contributed by atoms with E-state index in [9.17, 15) is 4.79 Å². The lowest BCUT2D eigenvalue weighted by atomic mass is 10.2. The monoisotopic (exact) mass is 226 g/mol. The maximum atomic E-state index is 12.2. The molecule has 0 aromatic rings. The van der Waals surface area contributed by atoms with Crippen LogP contribution in [0.3, 0.4) is 0 Å². The predicted octanol–water partition coefficient (Wildman–Crippen LogP) is 3.10. The van der Waals surface area contributed by atoms with Crippen LogP contribution in [0, 0.1) is 0 Å². The molecule has 0 saturated carbocycles. The second-order valence-electron chi connectivity index (χ2n) is 4.93. The van der Waals surface area contributed by atoms with Crippen molar-refractivity contribution in [2.24, 2.45) is 0 Å². The van der Waals surface area contributed by atoms with Gasteiger partial charge in [0.1, 0.15) is 0 Å². The molecule has 1 atom stereocenters. The van der Waals surface area contributed by atoms with Crippen molar-refractivity contribution >= 4 is 6.03 Å². The Morgan fingerprint density at radius 1 is 1.25 bits per heavy atom.